The molecule has 0 radical (unpaired) electrons. The van der Waals surface area contributed by atoms with Crippen LogP contribution in [0.3, 0.4) is 0 Å². The second-order valence-corrected chi connectivity index (χ2v) is 5.27. The fourth-order valence-corrected chi connectivity index (χ4v) is 2.79. The average Bonchev–Trinajstić information content (AvgIpc) is 2.91. The van der Waals surface area contributed by atoms with E-state index in [9.17, 15) is 4.79 Å². The Balaban J connectivity index is 1.62. The summed E-state index contributed by atoms with van der Waals surface area (Å²) in [6, 6.07) is 15.9. The van der Waals surface area contributed by atoms with Gasteiger partial charge in [-0.3, -0.25) is 4.79 Å². The second-order valence-electron chi connectivity index (χ2n) is 5.27. The number of para-hydroxylation sites is 2. The maximum atomic E-state index is 11.6. The quantitative estimate of drug-likeness (QED) is 0.787. The van der Waals surface area contributed by atoms with Crippen LogP contribution in [-0.4, -0.2) is 25.5 Å². The van der Waals surface area contributed by atoms with Crippen molar-refractivity contribution in [3.8, 4) is 5.75 Å². The van der Waals surface area contributed by atoms with Crippen molar-refractivity contribution in [2.45, 2.75) is 13.3 Å². The Hall–Kier alpha value is -2.29. The van der Waals surface area contributed by atoms with E-state index in [1.807, 2.05) is 24.3 Å². The van der Waals surface area contributed by atoms with Crippen LogP contribution in [0.2, 0.25) is 0 Å². The predicted molar refractivity (Wildman–Crippen MR) is 84.3 cm³/mol. The molecule has 0 atom stereocenters. The number of rotatable bonds is 5. The molecule has 108 valence electrons. The number of Topliss-reactive ketones (excluding diaryl/α,β-unsaturated/α-hetero) is 1. The highest BCUT2D eigenvalue weighted by molar-refractivity contribution is 5.96. The molecule has 0 amide bonds. The van der Waals surface area contributed by atoms with Crippen LogP contribution in [0.25, 0.3) is 0 Å². The Morgan fingerprint density at radius 1 is 1.14 bits per heavy atom. The summed E-state index contributed by atoms with van der Waals surface area (Å²) in [6.45, 7) is 4.03. The molecule has 3 nitrogen and oxygen atoms in total. The highest BCUT2D eigenvalue weighted by atomic mass is 16.5. The summed E-state index contributed by atoms with van der Waals surface area (Å²) in [4.78, 5) is 13.9. The minimum atomic E-state index is 0.0390. The van der Waals surface area contributed by atoms with Crippen molar-refractivity contribution in [2.75, 3.05) is 24.6 Å². The minimum Gasteiger partial charge on any atom is -0.491 e. The van der Waals surface area contributed by atoms with Gasteiger partial charge in [-0.25, -0.2) is 0 Å². The molecule has 0 aromatic heterocycles. The van der Waals surface area contributed by atoms with E-state index in [4.69, 9.17) is 4.74 Å². The molecule has 1 heterocycles. The lowest BCUT2D eigenvalue weighted by Gasteiger charge is -2.20. The first-order valence-electron chi connectivity index (χ1n) is 7.31. The number of fused-ring (bicyclic) bond motifs is 1. The molecular formula is C18H19NO2. The van der Waals surface area contributed by atoms with Gasteiger partial charge >= 0.3 is 0 Å². The van der Waals surface area contributed by atoms with Crippen LogP contribution in [0.1, 0.15) is 22.8 Å². The van der Waals surface area contributed by atoms with Crippen molar-refractivity contribution < 1.29 is 9.53 Å². The van der Waals surface area contributed by atoms with Gasteiger partial charge in [0.2, 0.25) is 0 Å². The highest BCUT2D eigenvalue weighted by Crippen LogP contribution is 2.27. The monoisotopic (exact) mass is 281 g/mol. The molecule has 0 bridgehead atoms. The smallest absolute Gasteiger partial charge is 0.163 e. The number of carbonyl (C=O) groups is 1. The molecule has 3 rings (SSSR count). The lowest BCUT2D eigenvalue weighted by Crippen LogP contribution is -2.26. The van der Waals surface area contributed by atoms with E-state index in [0.717, 1.165) is 19.5 Å². The van der Waals surface area contributed by atoms with E-state index in [2.05, 4.69) is 29.2 Å². The molecule has 3 heteroatoms. The summed E-state index contributed by atoms with van der Waals surface area (Å²) < 4.78 is 5.81. The molecule has 0 spiro atoms. The van der Waals surface area contributed by atoms with Crippen LogP contribution >= 0.6 is 0 Å². The Labute approximate surface area is 125 Å². The number of hydrogen-bond donors (Lipinski definition) is 0. The standard InChI is InChI=1S/C18H19NO2/c1-14(20)16-7-3-5-9-18(16)21-13-12-19-11-10-15-6-2-4-8-17(15)19/h2-9H,10-13H2,1H3. The topological polar surface area (TPSA) is 29.5 Å². The van der Waals surface area contributed by atoms with Gasteiger partial charge in [0.25, 0.3) is 0 Å². The third-order valence-electron chi connectivity index (χ3n) is 3.87. The van der Waals surface area contributed by atoms with E-state index in [1.54, 1.807) is 6.92 Å². The van der Waals surface area contributed by atoms with E-state index >= 15 is 0 Å². The lowest BCUT2D eigenvalue weighted by molar-refractivity contribution is 0.101. The zero-order valence-electron chi connectivity index (χ0n) is 12.2. The summed E-state index contributed by atoms with van der Waals surface area (Å²) in [6.07, 6.45) is 1.10. The predicted octanol–water partition coefficient (Wildman–Crippen LogP) is 3.33. The lowest BCUT2D eigenvalue weighted by atomic mass is 10.1. The van der Waals surface area contributed by atoms with Crippen LogP contribution in [0.4, 0.5) is 5.69 Å². The number of nitrogens with zero attached hydrogens (tertiary/aromatic N) is 1. The Morgan fingerprint density at radius 2 is 1.90 bits per heavy atom. The first-order chi connectivity index (χ1) is 10.3. The number of hydrogen-bond acceptors (Lipinski definition) is 3. The van der Waals surface area contributed by atoms with Crippen molar-refractivity contribution in [3.63, 3.8) is 0 Å². The van der Waals surface area contributed by atoms with Gasteiger partial charge in [0, 0.05) is 12.2 Å². The van der Waals surface area contributed by atoms with Crippen molar-refractivity contribution in [2.24, 2.45) is 0 Å². The molecule has 2 aromatic rings. The van der Waals surface area contributed by atoms with Gasteiger partial charge in [-0.15, -0.1) is 0 Å². The summed E-state index contributed by atoms with van der Waals surface area (Å²) in [5.74, 6) is 0.717. The van der Waals surface area contributed by atoms with Gasteiger partial charge in [-0.2, -0.15) is 0 Å². The molecule has 1 aliphatic heterocycles. The maximum Gasteiger partial charge on any atom is 0.163 e. The fraction of sp³-hybridized carbons (Fsp3) is 0.278. The van der Waals surface area contributed by atoms with Gasteiger partial charge in [0.05, 0.1) is 12.1 Å². The molecule has 1 aliphatic rings. The zero-order valence-corrected chi connectivity index (χ0v) is 12.2. The van der Waals surface area contributed by atoms with Gasteiger partial charge in [0.15, 0.2) is 5.78 Å². The first-order valence-corrected chi connectivity index (χ1v) is 7.31. The average molecular weight is 281 g/mol. The Bertz CT molecular complexity index is 651. The zero-order chi connectivity index (χ0) is 14.7. The molecule has 0 aliphatic carbocycles. The maximum absolute atomic E-state index is 11.6. The molecule has 2 aromatic carbocycles. The minimum absolute atomic E-state index is 0.0390. The van der Waals surface area contributed by atoms with Crippen LogP contribution in [0.15, 0.2) is 48.5 Å². The number of ether oxygens (including phenoxy) is 1. The van der Waals surface area contributed by atoms with E-state index in [0.29, 0.717) is 17.9 Å². The van der Waals surface area contributed by atoms with Gasteiger partial charge in [-0.1, -0.05) is 30.3 Å². The highest BCUT2D eigenvalue weighted by Gasteiger charge is 2.18. The third-order valence-corrected chi connectivity index (χ3v) is 3.87. The van der Waals surface area contributed by atoms with Crippen molar-refractivity contribution in [3.05, 3.63) is 59.7 Å². The normalized spacial score (nSPS) is 13.1. The van der Waals surface area contributed by atoms with E-state index < -0.39 is 0 Å². The van der Waals surface area contributed by atoms with Crippen LogP contribution in [0, 0.1) is 0 Å². The van der Waals surface area contributed by atoms with E-state index in [-0.39, 0.29) is 5.78 Å². The largest absolute Gasteiger partial charge is 0.491 e. The van der Waals surface area contributed by atoms with Gasteiger partial charge < -0.3 is 9.64 Å². The first kappa shape index (κ1) is 13.7. The third kappa shape index (κ3) is 2.92. The molecule has 0 unspecified atom stereocenters. The SMILES string of the molecule is CC(=O)c1ccccc1OCCN1CCc2ccccc21. The number of carbonyl (C=O) groups excluding carboxylic acids is 1. The van der Waals surface area contributed by atoms with Crippen LogP contribution in [0.5, 0.6) is 5.75 Å². The van der Waals surface area contributed by atoms with Crippen LogP contribution in [-0.2, 0) is 6.42 Å². The Morgan fingerprint density at radius 3 is 2.76 bits per heavy atom. The van der Waals surface area contributed by atoms with Gasteiger partial charge in [-0.05, 0) is 37.1 Å². The number of benzene rings is 2. The van der Waals surface area contributed by atoms with Gasteiger partial charge in [0.1, 0.15) is 12.4 Å². The number of ketones is 1. The second kappa shape index (κ2) is 6.00. The molecule has 21 heavy (non-hydrogen) atoms. The van der Waals surface area contributed by atoms with Crippen molar-refractivity contribution >= 4 is 11.5 Å². The van der Waals surface area contributed by atoms with Crippen LogP contribution < -0.4 is 9.64 Å². The Kier molecular flexibility index (Phi) is 3.91. The molecule has 0 N–H and O–H groups in total. The summed E-state index contributed by atoms with van der Waals surface area (Å²) in [5, 5.41) is 0. The summed E-state index contributed by atoms with van der Waals surface area (Å²) in [5.41, 5.74) is 3.36. The van der Waals surface area contributed by atoms with Crippen molar-refractivity contribution in [1.82, 2.24) is 0 Å². The number of anilines is 1. The van der Waals surface area contributed by atoms with Crippen molar-refractivity contribution in [1.29, 1.82) is 0 Å². The fourth-order valence-electron chi connectivity index (χ4n) is 2.79. The molecule has 0 saturated heterocycles. The van der Waals surface area contributed by atoms with E-state index in [1.165, 1.54) is 11.3 Å². The molecular weight excluding hydrogens is 262 g/mol. The molecule has 0 fully saturated rings. The summed E-state index contributed by atoms with van der Waals surface area (Å²) in [7, 11) is 0. The summed E-state index contributed by atoms with van der Waals surface area (Å²) >= 11 is 0. The molecule has 0 saturated carbocycles.